The van der Waals surface area contributed by atoms with E-state index in [9.17, 15) is 10.2 Å². The highest BCUT2D eigenvalue weighted by atomic mass is 16.7. The molecule has 2 aliphatic heterocycles. The zero-order valence-electron chi connectivity index (χ0n) is 36.2. The lowest BCUT2D eigenvalue weighted by Gasteiger charge is -2.60. The number of fused-ring (bicyclic) bond motifs is 3. The predicted octanol–water partition coefficient (Wildman–Crippen LogP) is 8.80. The number of amides is 1. The van der Waals surface area contributed by atoms with E-state index in [-0.39, 0.29) is 49.4 Å². The minimum absolute atomic E-state index is 0.0916. The summed E-state index contributed by atoms with van der Waals surface area (Å²) in [7, 11) is 1.60. The number of oxime groups is 1. The number of hydrogen-bond donors (Lipinski definition) is 2. The van der Waals surface area contributed by atoms with Crippen LogP contribution >= 0.6 is 0 Å². The van der Waals surface area contributed by atoms with Crippen molar-refractivity contribution in [2.75, 3.05) is 53.2 Å². The lowest BCUT2D eigenvalue weighted by atomic mass is 9.55. The Morgan fingerprint density at radius 1 is 1.00 bits per heavy atom. The van der Waals surface area contributed by atoms with E-state index >= 15 is 4.79 Å². The fourth-order valence-electron chi connectivity index (χ4n) is 11.2. The van der Waals surface area contributed by atoms with Crippen molar-refractivity contribution in [2.24, 2.45) is 28.8 Å². The number of allylic oxidation sites excluding steroid dienone is 1. The van der Waals surface area contributed by atoms with Crippen LogP contribution in [0.15, 0.2) is 90.1 Å². The van der Waals surface area contributed by atoms with Crippen molar-refractivity contribution < 1.29 is 34.1 Å². The Bertz CT molecular complexity index is 2020. The Balaban J connectivity index is 1.30. The number of hydrogen-bond acceptors (Lipinski definition) is 9. The summed E-state index contributed by atoms with van der Waals surface area (Å²) >= 11 is 0. The number of aliphatic hydroxyl groups is 2. The minimum atomic E-state index is -1.30. The molecule has 61 heavy (non-hydrogen) atoms. The maximum atomic E-state index is 15.3. The van der Waals surface area contributed by atoms with Gasteiger partial charge in [-0.2, -0.15) is 0 Å². The molecule has 3 aliphatic carbocycles. The molecule has 3 aromatic carbocycles. The zero-order valence-corrected chi connectivity index (χ0v) is 36.2. The van der Waals surface area contributed by atoms with Crippen molar-refractivity contribution in [1.82, 2.24) is 9.80 Å². The Morgan fingerprint density at radius 3 is 2.56 bits per heavy atom. The van der Waals surface area contributed by atoms with Gasteiger partial charge in [-0.1, -0.05) is 98.3 Å². The third-order valence-corrected chi connectivity index (χ3v) is 14.2. The van der Waals surface area contributed by atoms with Crippen LogP contribution in [0.4, 0.5) is 0 Å². The van der Waals surface area contributed by atoms with Crippen molar-refractivity contribution in [1.29, 1.82) is 0 Å². The number of unbranched alkanes of at least 4 members (excludes halogenated alkanes) is 2. The van der Waals surface area contributed by atoms with Crippen LogP contribution < -0.4 is 9.47 Å². The van der Waals surface area contributed by atoms with Crippen LogP contribution in [0.1, 0.15) is 101 Å². The lowest BCUT2D eigenvalue weighted by molar-refractivity contribution is -0.258. The molecule has 0 spiro atoms. The van der Waals surface area contributed by atoms with Crippen molar-refractivity contribution in [2.45, 2.75) is 108 Å². The maximum Gasteiger partial charge on any atom is 0.239 e. The third-order valence-electron chi connectivity index (χ3n) is 14.2. The van der Waals surface area contributed by atoms with Crippen LogP contribution in [0.25, 0.3) is 10.8 Å². The molecule has 5 aliphatic rings. The van der Waals surface area contributed by atoms with E-state index in [1.54, 1.807) is 13.2 Å². The van der Waals surface area contributed by atoms with E-state index in [0.29, 0.717) is 38.3 Å². The third kappa shape index (κ3) is 9.58. The van der Waals surface area contributed by atoms with Crippen molar-refractivity contribution in [3.05, 3.63) is 96.1 Å². The largest absolute Gasteiger partial charge is 0.492 e. The Morgan fingerprint density at radius 2 is 1.79 bits per heavy atom. The molecule has 2 N–H and O–H groups in total. The first-order chi connectivity index (χ1) is 30.0. The molecule has 10 heteroatoms. The molecule has 6 atom stereocenters. The predicted molar refractivity (Wildman–Crippen MR) is 240 cm³/mol. The zero-order chi connectivity index (χ0) is 42.2. The van der Waals surface area contributed by atoms with Gasteiger partial charge in [0.05, 0.1) is 18.2 Å². The minimum Gasteiger partial charge on any atom is -0.492 e. The second kappa shape index (κ2) is 20.3. The summed E-state index contributed by atoms with van der Waals surface area (Å²) in [5, 5.41) is 27.0. The molecule has 0 aromatic heterocycles. The molecule has 0 radical (unpaired) electrons. The van der Waals surface area contributed by atoms with Gasteiger partial charge in [-0.25, -0.2) is 0 Å². The van der Waals surface area contributed by atoms with Gasteiger partial charge < -0.3 is 34.2 Å². The molecule has 328 valence electrons. The fourth-order valence-corrected chi connectivity index (χ4v) is 11.2. The molecule has 2 saturated carbocycles. The van der Waals surface area contributed by atoms with E-state index in [2.05, 4.69) is 71.0 Å². The van der Waals surface area contributed by atoms with E-state index < -0.39 is 11.8 Å². The number of rotatable bonds is 22. The van der Waals surface area contributed by atoms with Crippen LogP contribution in [0.5, 0.6) is 11.5 Å². The molecular weight excluding hydrogens is 767 g/mol. The average Bonchev–Trinajstić information content (AvgIpc) is 3.96. The highest BCUT2D eigenvalue weighted by Gasteiger charge is 2.65. The SMILES string of the molecule is C=CCOC12Oc3ccc(OCCN4CC4)cc3C3C(CCCCO)C(CCCCO)C=C(C(=NOC)CC1N(Cc1cccc4ccccc14)C(=O)CCC1CCCC1)C32. The van der Waals surface area contributed by atoms with Gasteiger partial charge in [0.1, 0.15) is 31.3 Å². The Labute approximate surface area is 362 Å². The number of carbonyl (C=O) groups is 1. The molecular formula is C51H67N3O7. The van der Waals surface area contributed by atoms with Crippen LogP contribution in [-0.2, 0) is 20.9 Å². The second-order valence-corrected chi connectivity index (χ2v) is 18.0. The van der Waals surface area contributed by atoms with E-state index in [4.69, 9.17) is 24.2 Å². The molecule has 3 fully saturated rings. The number of ether oxygens (including phenoxy) is 3. The summed E-state index contributed by atoms with van der Waals surface area (Å²) < 4.78 is 21.2. The van der Waals surface area contributed by atoms with Gasteiger partial charge >= 0.3 is 0 Å². The van der Waals surface area contributed by atoms with Gasteiger partial charge in [0.15, 0.2) is 0 Å². The second-order valence-electron chi connectivity index (χ2n) is 18.0. The topological polar surface area (TPSA) is 113 Å². The molecule has 10 nitrogen and oxygen atoms in total. The van der Waals surface area contributed by atoms with Crippen molar-refractivity contribution in [3.8, 4) is 11.5 Å². The first-order valence-electron chi connectivity index (χ1n) is 23.2. The Kier molecular flexibility index (Phi) is 14.5. The summed E-state index contributed by atoms with van der Waals surface area (Å²) in [6.45, 7) is 8.74. The summed E-state index contributed by atoms with van der Waals surface area (Å²) in [4.78, 5) is 25.4. The van der Waals surface area contributed by atoms with E-state index in [1.807, 2.05) is 12.1 Å². The highest BCUT2D eigenvalue weighted by Crippen LogP contribution is 2.62. The quantitative estimate of drug-likeness (QED) is 0.0448. The molecule has 8 rings (SSSR count). The van der Waals surface area contributed by atoms with Crippen LogP contribution in [0.2, 0.25) is 0 Å². The maximum absolute atomic E-state index is 15.3. The lowest BCUT2D eigenvalue weighted by Crippen LogP contribution is -2.70. The summed E-state index contributed by atoms with van der Waals surface area (Å²) in [5.74, 6) is 0.756. The standard InChI is InChI=1S/C51H67N3O7/c1-3-30-60-51-47(54(48(57)24-21-36-13-4-5-14-36)35-39-18-12-17-37-15-6-7-19-41(37)39)34-45(52-58-2)43-32-38(16-8-10-28-55)42(20-9-11-29-56)49(50(43)51)44-33-40(22-23-46(44)61-51)59-31-27-53-25-26-53/h3,6-7,12,15,17-19,22-23,32-33,36,38,42,47,49-50,55-56H,1,4-5,8-11,13-14,16,20-21,24-31,34-35H2,2H3. The van der Waals surface area contributed by atoms with E-state index in [1.165, 1.54) is 25.7 Å². The van der Waals surface area contributed by atoms with Crippen molar-refractivity contribution >= 4 is 22.4 Å². The number of nitrogens with zero attached hydrogens (tertiary/aromatic N) is 3. The number of aliphatic hydroxyl groups excluding tert-OH is 2. The molecule has 6 unspecified atom stereocenters. The van der Waals surface area contributed by atoms with E-state index in [0.717, 1.165) is 103 Å². The first-order valence-corrected chi connectivity index (χ1v) is 23.2. The first kappa shape index (κ1) is 43.4. The monoisotopic (exact) mass is 833 g/mol. The van der Waals surface area contributed by atoms with Gasteiger partial charge in [-0.3, -0.25) is 9.69 Å². The fraction of sp³-hybridized carbons (Fsp3) is 0.569. The van der Waals surface area contributed by atoms with Crippen LogP contribution in [0.3, 0.4) is 0 Å². The Hall–Kier alpha value is -4.22. The van der Waals surface area contributed by atoms with Gasteiger partial charge in [0.25, 0.3) is 0 Å². The van der Waals surface area contributed by atoms with Crippen LogP contribution in [-0.4, -0.2) is 96.6 Å². The van der Waals surface area contributed by atoms with Crippen LogP contribution in [0, 0.1) is 23.7 Å². The summed E-state index contributed by atoms with van der Waals surface area (Å²) in [5.41, 5.74) is 4.00. The van der Waals surface area contributed by atoms with Gasteiger partial charge in [0.2, 0.25) is 11.7 Å². The molecule has 3 aromatic rings. The highest BCUT2D eigenvalue weighted by molar-refractivity contribution is 6.03. The van der Waals surface area contributed by atoms with Gasteiger partial charge in [-0.05, 0) is 90.0 Å². The molecule has 1 saturated heterocycles. The van der Waals surface area contributed by atoms with Crippen molar-refractivity contribution in [3.63, 3.8) is 0 Å². The number of benzene rings is 3. The summed E-state index contributed by atoms with van der Waals surface area (Å²) in [6, 6.07) is 20.4. The average molecular weight is 834 g/mol. The van der Waals surface area contributed by atoms with Gasteiger partial charge in [0, 0.05) is 63.7 Å². The van der Waals surface area contributed by atoms with Gasteiger partial charge in [-0.15, -0.1) is 6.58 Å². The molecule has 1 amide bonds. The number of carbonyl (C=O) groups excluding carboxylic acids is 1. The smallest absolute Gasteiger partial charge is 0.239 e. The molecule has 2 heterocycles. The molecule has 0 bridgehead atoms. The summed E-state index contributed by atoms with van der Waals surface area (Å²) in [6.07, 6.45) is 15.7. The normalized spacial score (nSPS) is 26.3.